The second-order valence-corrected chi connectivity index (χ2v) is 4.74. The molecule has 0 bridgehead atoms. The molecule has 2 rings (SSSR count). The number of amides is 1. The number of nitro groups is 1. The Balaban J connectivity index is 2.34. The fourth-order valence-electron chi connectivity index (χ4n) is 2.16. The molecule has 0 saturated carbocycles. The highest BCUT2D eigenvalue weighted by Crippen LogP contribution is 2.28. The fourth-order valence-corrected chi connectivity index (χ4v) is 2.16. The number of hydrogen-bond donors (Lipinski definition) is 1. The van der Waals surface area contributed by atoms with E-state index in [0.717, 1.165) is 0 Å². The lowest BCUT2D eigenvalue weighted by molar-refractivity contribution is -0.384. The number of nitrogens with one attached hydrogen (secondary N) is 1. The third kappa shape index (κ3) is 3.00. The molecule has 1 amide bonds. The van der Waals surface area contributed by atoms with Gasteiger partial charge in [-0.25, -0.2) is 4.99 Å². The fraction of sp³-hybridized carbons (Fsp3) is 0.429. The van der Waals surface area contributed by atoms with Crippen LogP contribution < -0.4 is 10.1 Å². The Hall–Kier alpha value is -2.64. The summed E-state index contributed by atoms with van der Waals surface area (Å²) in [6, 6.07) is 3.50. The van der Waals surface area contributed by atoms with Crippen molar-refractivity contribution in [2.75, 3.05) is 13.7 Å². The van der Waals surface area contributed by atoms with E-state index in [-0.39, 0.29) is 23.2 Å². The summed E-state index contributed by atoms with van der Waals surface area (Å²) in [4.78, 5) is 26.5. The Kier molecular flexibility index (Phi) is 4.59. The Morgan fingerprint density at radius 1 is 1.55 bits per heavy atom. The zero-order valence-corrected chi connectivity index (χ0v) is 12.5. The van der Waals surface area contributed by atoms with Crippen LogP contribution in [0.4, 0.5) is 5.69 Å². The van der Waals surface area contributed by atoms with Gasteiger partial charge in [0.2, 0.25) is 11.8 Å². The molecule has 1 heterocycles. The summed E-state index contributed by atoms with van der Waals surface area (Å²) in [5.41, 5.74) is 0.388. The first kappa shape index (κ1) is 15.7. The zero-order chi connectivity index (χ0) is 16.3. The van der Waals surface area contributed by atoms with E-state index in [1.807, 2.05) is 6.92 Å². The SMILES string of the molecule is CCNC(=O)[C@H]1N=C(c2ccc([N+](=O)[O-])cc2OC)O[C@H]1C. The summed E-state index contributed by atoms with van der Waals surface area (Å²) >= 11 is 0. The van der Waals surface area contributed by atoms with E-state index < -0.39 is 17.1 Å². The van der Waals surface area contributed by atoms with Crippen LogP contribution in [0.15, 0.2) is 23.2 Å². The minimum Gasteiger partial charge on any atom is -0.496 e. The van der Waals surface area contributed by atoms with Crippen LogP contribution in [0.3, 0.4) is 0 Å². The number of aliphatic imine (C=N–C) groups is 1. The Labute approximate surface area is 127 Å². The average molecular weight is 307 g/mol. The van der Waals surface area contributed by atoms with Crippen LogP contribution in [0.1, 0.15) is 19.4 Å². The lowest BCUT2D eigenvalue weighted by Gasteiger charge is -2.12. The van der Waals surface area contributed by atoms with E-state index in [9.17, 15) is 14.9 Å². The van der Waals surface area contributed by atoms with Gasteiger partial charge in [0, 0.05) is 12.6 Å². The number of nitrogens with zero attached hydrogens (tertiary/aromatic N) is 2. The second-order valence-electron chi connectivity index (χ2n) is 4.74. The van der Waals surface area contributed by atoms with Crippen LogP contribution in [0.25, 0.3) is 0 Å². The first-order valence-corrected chi connectivity index (χ1v) is 6.82. The monoisotopic (exact) mass is 307 g/mol. The third-order valence-electron chi connectivity index (χ3n) is 3.24. The van der Waals surface area contributed by atoms with Gasteiger partial charge in [-0.1, -0.05) is 0 Å². The first-order chi connectivity index (χ1) is 10.5. The molecule has 0 spiro atoms. The van der Waals surface area contributed by atoms with Crippen molar-refractivity contribution >= 4 is 17.5 Å². The van der Waals surface area contributed by atoms with Crippen molar-refractivity contribution in [2.24, 2.45) is 4.99 Å². The Morgan fingerprint density at radius 3 is 2.86 bits per heavy atom. The van der Waals surface area contributed by atoms with Gasteiger partial charge in [-0.15, -0.1) is 0 Å². The number of nitro benzene ring substituents is 1. The predicted molar refractivity (Wildman–Crippen MR) is 79.2 cm³/mol. The van der Waals surface area contributed by atoms with Gasteiger partial charge >= 0.3 is 0 Å². The molecule has 2 atom stereocenters. The van der Waals surface area contributed by atoms with Crippen LogP contribution in [-0.2, 0) is 9.53 Å². The van der Waals surface area contributed by atoms with E-state index in [2.05, 4.69) is 10.3 Å². The van der Waals surface area contributed by atoms with E-state index in [4.69, 9.17) is 9.47 Å². The zero-order valence-electron chi connectivity index (χ0n) is 12.5. The van der Waals surface area contributed by atoms with Gasteiger partial charge in [0.1, 0.15) is 11.9 Å². The van der Waals surface area contributed by atoms with Crippen molar-refractivity contribution in [2.45, 2.75) is 26.0 Å². The van der Waals surface area contributed by atoms with Crippen molar-refractivity contribution in [3.05, 3.63) is 33.9 Å². The van der Waals surface area contributed by atoms with Crippen LogP contribution in [0, 0.1) is 10.1 Å². The molecule has 8 nitrogen and oxygen atoms in total. The first-order valence-electron chi connectivity index (χ1n) is 6.82. The van der Waals surface area contributed by atoms with E-state index in [1.54, 1.807) is 6.92 Å². The molecule has 22 heavy (non-hydrogen) atoms. The van der Waals surface area contributed by atoms with Gasteiger partial charge in [-0.2, -0.15) is 0 Å². The summed E-state index contributed by atoms with van der Waals surface area (Å²) in [6.07, 6.45) is -0.415. The molecule has 0 saturated heterocycles. The largest absolute Gasteiger partial charge is 0.496 e. The van der Waals surface area contributed by atoms with Crippen LogP contribution in [0.5, 0.6) is 5.75 Å². The molecule has 8 heteroatoms. The predicted octanol–water partition coefficient (Wildman–Crippen LogP) is 1.27. The molecule has 1 aromatic rings. The van der Waals surface area contributed by atoms with Gasteiger partial charge in [0.25, 0.3) is 5.69 Å². The number of ether oxygens (including phenoxy) is 2. The number of carbonyl (C=O) groups excluding carboxylic acids is 1. The molecule has 118 valence electrons. The normalized spacial score (nSPS) is 20.0. The highest BCUT2D eigenvalue weighted by atomic mass is 16.6. The summed E-state index contributed by atoms with van der Waals surface area (Å²) < 4.78 is 10.8. The summed E-state index contributed by atoms with van der Waals surface area (Å²) in [6.45, 7) is 4.07. The topological polar surface area (TPSA) is 103 Å². The second kappa shape index (κ2) is 6.42. The number of methoxy groups -OCH3 is 1. The van der Waals surface area contributed by atoms with Gasteiger partial charge in [-0.05, 0) is 19.9 Å². The van der Waals surface area contributed by atoms with Crippen LogP contribution in [0.2, 0.25) is 0 Å². The maximum Gasteiger partial charge on any atom is 0.273 e. The van der Waals surface area contributed by atoms with Gasteiger partial charge in [0.15, 0.2) is 6.04 Å². The van der Waals surface area contributed by atoms with Crippen molar-refractivity contribution in [3.8, 4) is 5.75 Å². The molecule has 0 aliphatic carbocycles. The Morgan fingerprint density at radius 2 is 2.27 bits per heavy atom. The molecule has 1 aliphatic heterocycles. The van der Waals surface area contributed by atoms with Gasteiger partial charge < -0.3 is 14.8 Å². The van der Waals surface area contributed by atoms with Crippen molar-refractivity contribution < 1.29 is 19.2 Å². The number of rotatable bonds is 5. The third-order valence-corrected chi connectivity index (χ3v) is 3.24. The number of hydrogen-bond acceptors (Lipinski definition) is 6. The molecule has 0 radical (unpaired) electrons. The number of benzene rings is 1. The van der Waals surface area contributed by atoms with Crippen LogP contribution in [-0.4, -0.2) is 42.5 Å². The average Bonchev–Trinajstić information content (AvgIpc) is 2.88. The lowest BCUT2D eigenvalue weighted by Crippen LogP contribution is -2.38. The quantitative estimate of drug-likeness (QED) is 0.652. The lowest BCUT2D eigenvalue weighted by atomic mass is 10.1. The maximum atomic E-state index is 11.9. The minimum absolute atomic E-state index is 0.0903. The number of likely N-dealkylation sites (N-methyl/N-ethyl adjacent to an activating group) is 1. The highest BCUT2D eigenvalue weighted by Gasteiger charge is 2.34. The smallest absolute Gasteiger partial charge is 0.273 e. The molecular formula is C14H17N3O5. The molecule has 1 aromatic carbocycles. The van der Waals surface area contributed by atoms with Crippen molar-refractivity contribution in [3.63, 3.8) is 0 Å². The minimum atomic E-state index is -0.644. The maximum absolute atomic E-state index is 11.9. The molecular weight excluding hydrogens is 290 g/mol. The van der Waals surface area contributed by atoms with Crippen molar-refractivity contribution in [1.82, 2.24) is 5.32 Å². The summed E-state index contributed by atoms with van der Waals surface area (Å²) in [7, 11) is 1.41. The van der Waals surface area contributed by atoms with E-state index in [1.165, 1.54) is 25.3 Å². The summed E-state index contributed by atoms with van der Waals surface area (Å²) in [5.74, 6) is 0.304. The molecule has 1 N–H and O–H groups in total. The molecule has 0 aromatic heterocycles. The number of non-ortho nitro benzene ring substituents is 1. The standard InChI is InChI=1S/C14H17N3O5/c1-4-15-13(18)12-8(2)22-14(16-12)10-6-5-9(17(19)20)7-11(10)21-3/h5-8,12H,4H2,1-3H3,(H,15,18)/t8-,12-/m0/s1. The van der Waals surface area contributed by atoms with E-state index >= 15 is 0 Å². The number of carbonyl (C=O) groups is 1. The van der Waals surface area contributed by atoms with Crippen LogP contribution >= 0.6 is 0 Å². The summed E-state index contributed by atoms with van der Waals surface area (Å²) in [5, 5.41) is 13.5. The van der Waals surface area contributed by atoms with E-state index in [0.29, 0.717) is 12.1 Å². The van der Waals surface area contributed by atoms with Gasteiger partial charge in [-0.3, -0.25) is 14.9 Å². The Bertz CT molecular complexity index is 629. The highest BCUT2D eigenvalue weighted by molar-refractivity contribution is 6.01. The van der Waals surface area contributed by atoms with Crippen molar-refractivity contribution in [1.29, 1.82) is 0 Å². The molecule has 0 fully saturated rings. The molecule has 0 unspecified atom stereocenters. The van der Waals surface area contributed by atoms with Gasteiger partial charge in [0.05, 0.1) is 23.7 Å². The molecule has 1 aliphatic rings.